The first-order chi connectivity index (χ1) is 11.2. The van der Waals surface area contributed by atoms with Crippen LogP contribution in [0.2, 0.25) is 0 Å². The Hall–Kier alpha value is -3.21. The van der Waals surface area contributed by atoms with Crippen LogP contribution in [0, 0.1) is 0 Å². The number of aromatic nitrogens is 2. The zero-order valence-corrected chi connectivity index (χ0v) is 12.4. The van der Waals surface area contributed by atoms with E-state index in [-0.39, 0.29) is 11.6 Å². The molecule has 5 nitrogen and oxygen atoms in total. The summed E-state index contributed by atoms with van der Waals surface area (Å²) in [5.41, 5.74) is 1.73. The Morgan fingerprint density at radius 3 is 2.65 bits per heavy atom. The van der Waals surface area contributed by atoms with Gasteiger partial charge in [-0.25, -0.2) is 4.98 Å². The van der Waals surface area contributed by atoms with Crippen LogP contribution < -0.4 is 4.90 Å². The molecule has 23 heavy (non-hydrogen) atoms. The van der Waals surface area contributed by atoms with Gasteiger partial charge in [-0.15, -0.1) is 0 Å². The van der Waals surface area contributed by atoms with Gasteiger partial charge in [0.1, 0.15) is 12.0 Å². The number of hydrogen-bond donors (Lipinski definition) is 0. The number of amides is 1. The minimum atomic E-state index is -0.261. The average Bonchev–Trinajstić information content (AvgIpc) is 3.04. The summed E-state index contributed by atoms with van der Waals surface area (Å²) in [5.74, 6) is 0.240. The Bertz CT molecular complexity index is 1020. The molecule has 0 aliphatic rings. The fourth-order valence-corrected chi connectivity index (χ4v) is 2.56. The standard InChI is InChI=1S/C18H13N3O2/c1-21(18-13-7-3-2-6-12(13)11-23-18)17(22)16-10-19-14-8-4-5-9-15(14)20-16/h2-11H,1H3. The summed E-state index contributed by atoms with van der Waals surface area (Å²) >= 11 is 0. The number of para-hydroxylation sites is 2. The number of benzene rings is 2. The Morgan fingerprint density at radius 2 is 1.78 bits per heavy atom. The van der Waals surface area contributed by atoms with Gasteiger partial charge in [-0.3, -0.25) is 14.7 Å². The molecule has 0 N–H and O–H groups in total. The molecular formula is C18H13N3O2. The lowest BCUT2D eigenvalue weighted by Crippen LogP contribution is -2.27. The second kappa shape index (κ2) is 5.21. The summed E-state index contributed by atoms with van der Waals surface area (Å²) in [5, 5.41) is 1.84. The molecule has 2 aromatic carbocycles. The van der Waals surface area contributed by atoms with Crippen molar-refractivity contribution in [1.29, 1.82) is 0 Å². The normalized spacial score (nSPS) is 11.0. The third-order valence-electron chi connectivity index (χ3n) is 3.77. The molecule has 0 saturated heterocycles. The van der Waals surface area contributed by atoms with Crippen molar-refractivity contribution in [3.8, 4) is 0 Å². The number of carbonyl (C=O) groups is 1. The molecule has 0 saturated carbocycles. The lowest BCUT2D eigenvalue weighted by atomic mass is 10.2. The zero-order chi connectivity index (χ0) is 15.8. The molecule has 4 rings (SSSR count). The van der Waals surface area contributed by atoms with E-state index in [1.165, 1.54) is 11.1 Å². The Morgan fingerprint density at radius 1 is 1.04 bits per heavy atom. The summed E-state index contributed by atoms with van der Waals surface area (Å²) < 4.78 is 5.56. The van der Waals surface area contributed by atoms with Crippen molar-refractivity contribution in [1.82, 2.24) is 9.97 Å². The van der Waals surface area contributed by atoms with Crippen LogP contribution in [0.4, 0.5) is 5.88 Å². The van der Waals surface area contributed by atoms with Gasteiger partial charge in [-0.05, 0) is 18.2 Å². The van der Waals surface area contributed by atoms with Crippen molar-refractivity contribution in [2.75, 3.05) is 11.9 Å². The maximum absolute atomic E-state index is 12.7. The van der Waals surface area contributed by atoms with Crippen LogP contribution in [0.3, 0.4) is 0 Å². The first-order valence-electron chi connectivity index (χ1n) is 7.20. The molecule has 2 heterocycles. The number of furan rings is 1. The smallest absolute Gasteiger partial charge is 0.280 e. The molecule has 2 aromatic heterocycles. The lowest BCUT2D eigenvalue weighted by molar-refractivity contribution is 0.0984. The molecule has 0 unspecified atom stereocenters. The van der Waals surface area contributed by atoms with Crippen LogP contribution in [0.1, 0.15) is 10.5 Å². The third kappa shape index (κ3) is 2.23. The van der Waals surface area contributed by atoms with E-state index >= 15 is 0 Å². The maximum Gasteiger partial charge on any atom is 0.280 e. The van der Waals surface area contributed by atoms with Crippen LogP contribution in [-0.2, 0) is 0 Å². The summed E-state index contributed by atoms with van der Waals surface area (Å²) in [6.07, 6.45) is 3.13. The molecule has 0 aliphatic heterocycles. The van der Waals surface area contributed by atoms with Crippen molar-refractivity contribution in [3.05, 3.63) is 66.7 Å². The van der Waals surface area contributed by atoms with Crippen LogP contribution in [0.25, 0.3) is 21.8 Å². The van der Waals surface area contributed by atoms with Gasteiger partial charge >= 0.3 is 0 Å². The van der Waals surface area contributed by atoms with Crippen LogP contribution in [0.15, 0.2) is 65.4 Å². The molecule has 0 radical (unpaired) electrons. The predicted octanol–water partition coefficient (Wildman–Crippen LogP) is 3.65. The molecule has 0 spiro atoms. The average molecular weight is 303 g/mol. The molecule has 4 aromatic rings. The fraction of sp³-hybridized carbons (Fsp3) is 0.0556. The van der Waals surface area contributed by atoms with Gasteiger partial charge in [0.15, 0.2) is 0 Å². The van der Waals surface area contributed by atoms with Gasteiger partial charge in [-0.1, -0.05) is 30.3 Å². The summed E-state index contributed by atoms with van der Waals surface area (Å²) in [6, 6.07) is 15.2. The number of nitrogens with zero attached hydrogens (tertiary/aromatic N) is 3. The highest BCUT2D eigenvalue weighted by atomic mass is 16.3. The number of rotatable bonds is 2. The largest absolute Gasteiger partial charge is 0.447 e. The van der Waals surface area contributed by atoms with Crippen LogP contribution in [-0.4, -0.2) is 22.9 Å². The Balaban J connectivity index is 1.74. The topological polar surface area (TPSA) is 59.2 Å². The second-order valence-electron chi connectivity index (χ2n) is 5.24. The number of hydrogen-bond acceptors (Lipinski definition) is 4. The number of fused-ring (bicyclic) bond motifs is 2. The van der Waals surface area contributed by atoms with Gasteiger partial charge in [0, 0.05) is 17.8 Å². The molecule has 1 amide bonds. The quantitative estimate of drug-likeness (QED) is 0.567. The third-order valence-corrected chi connectivity index (χ3v) is 3.77. The Kier molecular flexibility index (Phi) is 3.05. The summed E-state index contributed by atoms with van der Waals surface area (Å²) in [7, 11) is 1.67. The number of anilines is 1. The fourth-order valence-electron chi connectivity index (χ4n) is 2.56. The SMILES string of the molecule is CN(C(=O)c1cnc2ccccc2n1)c1occ2ccccc12. The van der Waals surface area contributed by atoms with E-state index in [9.17, 15) is 4.79 Å². The van der Waals surface area contributed by atoms with E-state index in [0.29, 0.717) is 11.4 Å². The molecule has 0 aliphatic carbocycles. The zero-order valence-electron chi connectivity index (χ0n) is 12.4. The molecule has 0 bridgehead atoms. The van der Waals surface area contributed by atoms with Gasteiger partial charge < -0.3 is 4.42 Å². The second-order valence-corrected chi connectivity index (χ2v) is 5.24. The minimum Gasteiger partial charge on any atom is -0.447 e. The molecule has 0 atom stereocenters. The van der Waals surface area contributed by atoms with E-state index < -0.39 is 0 Å². The van der Waals surface area contributed by atoms with Gasteiger partial charge in [-0.2, -0.15) is 0 Å². The highest BCUT2D eigenvalue weighted by molar-refractivity contribution is 6.08. The predicted molar refractivity (Wildman–Crippen MR) is 88.5 cm³/mol. The molecule has 0 fully saturated rings. The summed E-state index contributed by atoms with van der Waals surface area (Å²) in [4.78, 5) is 22.8. The van der Waals surface area contributed by atoms with Crippen molar-refractivity contribution in [2.24, 2.45) is 0 Å². The van der Waals surface area contributed by atoms with Crippen molar-refractivity contribution in [2.45, 2.75) is 0 Å². The van der Waals surface area contributed by atoms with E-state index in [1.807, 2.05) is 48.5 Å². The van der Waals surface area contributed by atoms with Crippen LogP contribution >= 0.6 is 0 Å². The van der Waals surface area contributed by atoms with Crippen molar-refractivity contribution >= 4 is 33.6 Å². The Labute approximate surface area is 132 Å². The van der Waals surface area contributed by atoms with Crippen molar-refractivity contribution in [3.63, 3.8) is 0 Å². The molecular weight excluding hydrogens is 290 g/mol. The monoisotopic (exact) mass is 303 g/mol. The first kappa shape index (κ1) is 13.5. The van der Waals surface area contributed by atoms with E-state index in [1.54, 1.807) is 13.3 Å². The van der Waals surface area contributed by atoms with Gasteiger partial charge in [0.25, 0.3) is 5.91 Å². The van der Waals surface area contributed by atoms with E-state index in [4.69, 9.17) is 4.42 Å². The number of carbonyl (C=O) groups excluding carboxylic acids is 1. The van der Waals surface area contributed by atoms with Gasteiger partial charge in [0.2, 0.25) is 5.88 Å². The summed E-state index contributed by atoms with van der Waals surface area (Å²) in [6.45, 7) is 0. The first-order valence-corrected chi connectivity index (χ1v) is 7.20. The minimum absolute atomic E-state index is 0.261. The van der Waals surface area contributed by atoms with Crippen LogP contribution in [0.5, 0.6) is 0 Å². The van der Waals surface area contributed by atoms with Gasteiger partial charge in [0.05, 0.1) is 17.2 Å². The van der Waals surface area contributed by atoms with Crippen molar-refractivity contribution < 1.29 is 9.21 Å². The maximum atomic E-state index is 12.7. The molecule has 112 valence electrons. The van der Waals surface area contributed by atoms with E-state index in [0.717, 1.165) is 16.3 Å². The van der Waals surface area contributed by atoms with E-state index in [2.05, 4.69) is 9.97 Å². The highest BCUT2D eigenvalue weighted by Crippen LogP contribution is 2.28. The lowest BCUT2D eigenvalue weighted by Gasteiger charge is -2.14. The molecule has 5 heteroatoms. The highest BCUT2D eigenvalue weighted by Gasteiger charge is 2.20.